The molecule has 0 radical (unpaired) electrons. The van der Waals surface area contributed by atoms with E-state index in [1.807, 2.05) is 0 Å². The molecule has 6 heteroatoms. The largest absolute Gasteiger partial charge is 0.405 e. The Balaban J connectivity index is 2.29. The molecule has 0 bridgehead atoms. The van der Waals surface area contributed by atoms with Crippen LogP contribution >= 0.6 is 0 Å². The Morgan fingerprint density at radius 2 is 2.00 bits per heavy atom. The van der Waals surface area contributed by atoms with Crippen molar-refractivity contribution in [3.05, 3.63) is 30.1 Å². The van der Waals surface area contributed by atoms with Crippen LogP contribution < -0.4 is 0 Å². The van der Waals surface area contributed by atoms with Crippen LogP contribution in [0.25, 0.3) is 0 Å². The number of aromatic nitrogens is 1. The molecule has 18 heavy (non-hydrogen) atoms. The third-order valence-electron chi connectivity index (χ3n) is 2.80. The summed E-state index contributed by atoms with van der Waals surface area (Å²) in [4.78, 5) is 27.0. The van der Waals surface area contributed by atoms with Crippen molar-refractivity contribution in [2.75, 3.05) is 0 Å². The Hall–Kier alpha value is -1.72. The van der Waals surface area contributed by atoms with E-state index in [2.05, 4.69) is 4.98 Å². The van der Waals surface area contributed by atoms with E-state index in [0.717, 1.165) is 6.20 Å². The summed E-state index contributed by atoms with van der Waals surface area (Å²) in [5.41, 5.74) is -0.186. The maximum absolute atomic E-state index is 12.8. The maximum Gasteiger partial charge on any atom is 0.405 e. The first-order valence-corrected chi connectivity index (χ1v) is 5.46. The Morgan fingerprint density at radius 1 is 1.33 bits per heavy atom. The van der Waals surface area contributed by atoms with Gasteiger partial charge in [0, 0.05) is 23.9 Å². The van der Waals surface area contributed by atoms with Gasteiger partial charge in [-0.15, -0.1) is 0 Å². The number of pyridine rings is 1. The number of halogens is 3. The fourth-order valence-corrected chi connectivity index (χ4v) is 1.72. The minimum Gasteiger partial charge on any atom is -0.298 e. The van der Waals surface area contributed by atoms with Gasteiger partial charge in [-0.2, -0.15) is 13.2 Å². The Kier molecular flexibility index (Phi) is 3.19. The molecule has 1 aliphatic carbocycles. The molecule has 3 nitrogen and oxygen atoms in total. The van der Waals surface area contributed by atoms with Crippen molar-refractivity contribution in [1.82, 2.24) is 4.98 Å². The highest BCUT2D eigenvalue weighted by Gasteiger charge is 2.53. The standard InChI is InChI=1S/C12H10F3NO2/c13-12(14,15)9(10(17)7-3-4-7)11(18)8-2-1-5-16-6-8/h1-2,5-7,9H,3-4H2. The fourth-order valence-electron chi connectivity index (χ4n) is 1.72. The number of rotatable bonds is 4. The summed E-state index contributed by atoms with van der Waals surface area (Å²) >= 11 is 0. The molecule has 0 aliphatic heterocycles. The first kappa shape index (κ1) is 12.7. The van der Waals surface area contributed by atoms with Crippen molar-refractivity contribution in [1.29, 1.82) is 0 Å². The Labute approximate surface area is 101 Å². The fraction of sp³-hybridized carbons (Fsp3) is 0.417. The number of nitrogens with zero attached hydrogens (tertiary/aromatic N) is 1. The van der Waals surface area contributed by atoms with E-state index in [1.54, 1.807) is 0 Å². The topological polar surface area (TPSA) is 47.0 Å². The summed E-state index contributed by atoms with van der Waals surface area (Å²) in [6, 6.07) is 2.59. The van der Waals surface area contributed by atoms with Gasteiger partial charge >= 0.3 is 6.18 Å². The normalized spacial score (nSPS) is 17.3. The van der Waals surface area contributed by atoms with Crippen molar-refractivity contribution in [3.63, 3.8) is 0 Å². The van der Waals surface area contributed by atoms with Gasteiger partial charge in [0.25, 0.3) is 0 Å². The average Bonchev–Trinajstić information content (AvgIpc) is 3.12. The van der Waals surface area contributed by atoms with Gasteiger partial charge in [-0.05, 0) is 25.0 Å². The molecule has 0 saturated heterocycles. The van der Waals surface area contributed by atoms with Gasteiger partial charge in [0.2, 0.25) is 0 Å². The zero-order valence-corrected chi connectivity index (χ0v) is 9.28. The first-order valence-electron chi connectivity index (χ1n) is 5.46. The Bertz CT molecular complexity index is 466. The summed E-state index contributed by atoms with van der Waals surface area (Å²) in [6.07, 6.45) is -1.58. The molecule has 1 heterocycles. The van der Waals surface area contributed by atoms with Crippen molar-refractivity contribution < 1.29 is 22.8 Å². The number of alkyl halides is 3. The number of hydrogen-bond acceptors (Lipinski definition) is 3. The lowest BCUT2D eigenvalue weighted by molar-refractivity contribution is -0.171. The molecule has 0 N–H and O–H groups in total. The van der Waals surface area contributed by atoms with Crippen LogP contribution in [-0.2, 0) is 4.79 Å². The van der Waals surface area contributed by atoms with Crippen LogP contribution in [0.5, 0.6) is 0 Å². The predicted molar refractivity (Wildman–Crippen MR) is 55.8 cm³/mol. The minimum absolute atomic E-state index is 0.186. The van der Waals surface area contributed by atoms with Crippen molar-refractivity contribution in [2.45, 2.75) is 19.0 Å². The van der Waals surface area contributed by atoms with Crippen LogP contribution in [0, 0.1) is 11.8 Å². The zero-order chi connectivity index (χ0) is 13.3. The summed E-state index contributed by atoms with van der Waals surface area (Å²) in [6.45, 7) is 0. The molecule has 1 unspecified atom stereocenters. The molecule has 1 atom stereocenters. The highest BCUT2D eigenvalue weighted by molar-refractivity contribution is 6.12. The summed E-state index contributed by atoms with van der Waals surface area (Å²) < 4.78 is 38.5. The van der Waals surface area contributed by atoms with E-state index in [0.29, 0.717) is 12.8 Å². The van der Waals surface area contributed by atoms with Gasteiger partial charge in [0.05, 0.1) is 0 Å². The third-order valence-corrected chi connectivity index (χ3v) is 2.80. The lowest BCUT2D eigenvalue weighted by Gasteiger charge is -2.17. The van der Waals surface area contributed by atoms with Crippen LogP contribution in [-0.4, -0.2) is 22.7 Å². The maximum atomic E-state index is 12.8. The van der Waals surface area contributed by atoms with E-state index in [1.165, 1.54) is 18.3 Å². The monoisotopic (exact) mass is 257 g/mol. The molecule has 96 valence electrons. The minimum atomic E-state index is -4.84. The molecule has 1 fully saturated rings. The highest BCUT2D eigenvalue weighted by Crippen LogP contribution is 2.39. The zero-order valence-electron chi connectivity index (χ0n) is 9.28. The molecule has 1 aromatic rings. The summed E-state index contributed by atoms with van der Waals surface area (Å²) in [5.74, 6) is -5.39. The van der Waals surface area contributed by atoms with Crippen molar-refractivity contribution in [3.8, 4) is 0 Å². The molecule has 0 spiro atoms. The summed E-state index contributed by atoms with van der Waals surface area (Å²) in [7, 11) is 0. The van der Waals surface area contributed by atoms with Gasteiger partial charge in [0.15, 0.2) is 17.5 Å². The lowest BCUT2D eigenvalue weighted by atomic mass is 9.91. The number of carbonyl (C=O) groups is 2. The van der Waals surface area contributed by atoms with Gasteiger partial charge in [-0.3, -0.25) is 14.6 Å². The van der Waals surface area contributed by atoms with Crippen LogP contribution in [0.2, 0.25) is 0 Å². The van der Waals surface area contributed by atoms with E-state index >= 15 is 0 Å². The summed E-state index contributed by atoms with van der Waals surface area (Å²) in [5, 5.41) is 0. The molecule has 0 aromatic carbocycles. The van der Waals surface area contributed by atoms with Crippen molar-refractivity contribution in [2.24, 2.45) is 11.8 Å². The smallest absolute Gasteiger partial charge is 0.298 e. The lowest BCUT2D eigenvalue weighted by Crippen LogP contribution is -2.38. The van der Waals surface area contributed by atoms with Crippen LogP contribution in [0.1, 0.15) is 23.2 Å². The SMILES string of the molecule is O=C(c1cccnc1)C(C(=O)C1CC1)C(F)(F)F. The van der Waals surface area contributed by atoms with Crippen LogP contribution in [0.15, 0.2) is 24.5 Å². The predicted octanol–water partition coefficient (Wildman–Crippen LogP) is 2.42. The molecule has 1 aliphatic rings. The molecule has 1 saturated carbocycles. The third kappa shape index (κ3) is 2.57. The van der Waals surface area contributed by atoms with E-state index in [-0.39, 0.29) is 5.56 Å². The quantitative estimate of drug-likeness (QED) is 0.614. The second kappa shape index (κ2) is 4.51. The molecular weight excluding hydrogens is 247 g/mol. The van der Waals surface area contributed by atoms with Crippen molar-refractivity contribution >= 4 is 11.6 Å². The van der Waals surface area contributed by atoms with Gasteiger partial charge in [-0.25, -0.2) is 0 Å². The number of carbonyl (C=O) groups excluding carboxylic acids is 2. The molecule has 2 rings (SSSR count). The van der Waals surface area contributed by atoms with E-state index < -0.39 is 29.6 Å². The number of Topliss-reactive ketones (excluding diaryl/α,β-unsaturated/α-hetero) is 2. The molecular formula is C12H10F3NO2. The second-order valence-electron chi connectivity index (χ2n) is 4.26. The van der Waals surface area contributed by atoms with Gasteiger partial charge < -0.3 is 0 Å². The van der Waals surface area contributed by atoms with E-state index in [9.17, 15) is 22.8 Å². The second-order valence-corrected chi connectivity index (χ2v) is 4.26. The Morgan fingerprint density at radius 3 is 2.44 bits per heavy atom. The number of ketones is 2. The number of hydrogen-bond donors (Lipinski definition) is 0. The van der Waals surface area contributed by atoms with Gasteiger partial charge in [-0.1, -0.05) is 0 Å². The molecule has 0 amide bonds. The average molecular weight is 257 g/mol. The molecule has 1 aromatic heterocycles. The van der Waals surface area contributed by atoms with Crippen LogP contribution in [0.3, 0.4) is 0 Å². The highest BCUT2D eigenvalue weighted by atomic mass is 19.4. The first-order chi connectivity index (χ1) is 8.41. The van der Waals surface area contributed by atoms with E-state index in [4.69, 9.17) is 0 Å². The van der Waals surface area contributed by atoms with Gasteiger partial charge in [0.1, 0.15) is 0 Å². The van der Waals surface area contributed by atoms with Crippen LogP contribution in [0.4, 0.5) is 13.2 Å².